The van der Waals surface area contributed by atoms with Gasteiger partial charge in [0.2, 0.25) is 0 Å². The first-order valence-electron chi connectivity index (χ1n) is 8.21. The van der Waals surface area contributed by atoms with Gasteiger partial charge in [-0.1, -0.05) is 43.5 Å². The van der Waals surface area contributed by atoms with Crippen LogP contribution in [0.4, 0.5) is 0 Å². The summed E-state index contributed by atoms with van der Waals surface area (Å²) >= 11 is 0. The lowest BCUT2D eigenvalue weighted by atomic mass is 9.83. The third kappa shape index (κ3) is 3.07. The molecule has 0 aromatic heterocycles. The summed E-state index contributed by atoms with van der Waals surface area (Å²) < 4.78 is 5.65. The Balaban J connectivity index is 1.66. The van der Waals surface area contributed by atoms with Crippen LogP contribution < -0.4 is 5.73 Å². The van der Waals surface area contributed by atoms with Gasteiger partial charge in [-0.15, -0.1) is 0 Å². The number of rotatable bonds is 3. The van der Waals surface area contributed by atoms with E-state index in [4.69, 9.17) is 10.5 Å². The molecular formula is C18H27NO. The van der Waals surface area contributed by atoms with E-state index in [2.05, 4.69) is 31.2 Å². The van der Waals surface area contributed by atoms with Crippen LogP contribution in [-0.2, 0) is 4.74 Å². The molecule has 0 bridgehead atoms. The summed E-state index contributed by atoms with van der Waals surface area (Å²) in [5.41, 5.74) is 9.19. The van der Waals surface area contributed by atoms with E-state index in [9.17, 15) is 0 Å². The van der Waals surface area contributed by atoms with Crippen LogP contribution in [-0.4, -0.2) is 12.7 Å². The lowest BCUT2D eigenvalue weighted by Gasteiger charge is -2.23. The summed E-state index contributed by atoms with van der Waals surface area (Å²) in [5, 5.41) is 0. The standard InChI is InChI=1S/C18H27NO/c1-13-11-17(12-20-13)18(19)16-9-7-15(8-10-16)14-5-3-2-4-6-14/h7-10,13-14,17-18H,2-6,11-12,19H2,1H3. The molecule has 1 heterocycles. The van der Waals surface area contributed by atoms with Crippen LogP contribution in [0.3, 0.4) is 0 Å². The van der Waals surface area contributed by atoms with Crippen molar-refractivity contribution in [1.29, 1.82) is 0 Å². The normalized spacial score (nSPS) is 29.5. The van der Waals surface area contributed by atoms with Crippen molar-refractivity contribution < 1.29 is 4.74 Å². The Hall–Kier alpha value is -0.860. The van der Waals surface area contributed by atoms with Crippen LogP contribution in [0.2, 0.25) is 0 Å². The van der Waals surface area contributed by atoms with Crippen molar-refractivity contribution in [2.24, 2.45) is 11.7 Å². The van der Waals surface area contributed by atoms with E-state index >= 15 is 0 Å². The van der Waals surface area contributed by atoms with E-state index in [1.807, 2.05) is 0 Å². The first-order valence-corrected chi connectivity index (χ1v) is 8.21. The summed E-state index contributed by atoms with van der Waals surface area (Å²) in [6, 6.07) is 9.24. The fraction of sp³-hybridized carbons (Fsp3) is 0.667. The Morgan fingerprint density at radius 1 is 1.10 bits per heavy atom. The zero-order valence-electron chi connectivity index (χ0n) is 12.6. The highest BCUT2D eigenvalue weighted by atomic mass is 16.5. The minimum Gasteiger partial charge on any atom is -0.378 e. The molecule has 110 valence electrons. The molecule has 1 aliphatic heterocycles. The number of ether oxygens (including phenoxy) is 1. The first kappa shape index (κ1) is 14.1. The SMILES string of the molecule is CC1CC(C(N)c2ccc(C3CCCCC3)cc2)CO1. The third-order valence-electron chi connectivity index (χ3n) is 5.14. The molecule has 1 saturated carbocycles. The second-order valence-corrected chi connectivity index (χ2v) is 6.67. The molecule has 2 N–H and O–H groups in total. The molecule has 1 aromatic carbocycles. The summed E-state index contributed by atoms with van der Waals surface area (Å²) in [5.74, 6) is 1.26. The van der Waals surface area contributed by atoms with Crippen molar-refractivity contribution in [3.63, 3.8) is 0 Å². The van der Waals surface area contributed by atoms with Crippen molar-refractivity contribution in [1.82, 2.24) is 0 Å². The molecule has 1 aliphatic carbocycles. The monoisotopic (exact) mass is 273 g/mol. The topological polar surface area (TPSA) is 35.2 Å². The van der Waals surface area contributed by atoms with E-state index in [0.717, 1.165) is 18.9 Å². The highest BCUT2D eigenvalue weighted by Gasteiger charge is 2.28. The van der Waals surface area contributed by atoms with Crippen LogP contribution in [0, 0.1) is 5.92 Å². The van der Waals surface area contributed by atoms with Gasteiger partial charge in [0, 0.05) is 12.0 Å². The van der Waals surface area contributed by atoms with Crippen molar-refractivity contribution in [3.8, 4) is 0 Å². The Labute approximate surface area is 122 Å². The molecular weight excluding hydrogens is 246 g/mol. The summed E-state index contributed by atoms with van der Waals surface area (Å²) in [4.78, 5) is 0. The van der Waals surface area contributed by atoms with E-state index in [1.165, 1.54) is 43.2 Å². The quantitative estimate of drug-likeness (QED) is 0.897. The smallest absolute Gasteiger partial charge is 0.0551 e. The van der Waals surface area contributed by atoms with Gasteiger partial charge in [-0.25, -0.2) is 0 Å². The summed E-state index contributed by atoms with van der Waals surface area (Å²) in [6.45, 7) is 2.95. The molecule has 2 nitrogen and oxygen atoms in total. The van der Waals surface area contributed by atoms with Crippen molar-refractivity contribution in [2.75, 3.05) is 6.61 Å². The summed E-state index contributed by atoms with van der Waals surface area (Å²) in [7, 11) is 0. The van der Waals surface area contributed by atoms with E-state index in [-0.39, 0.29) is 6.04 Å². The number of hydrogen-bond acceptors (Lipinski definition) is 2. The predicted molar refractivity (Wildman–Crippen MR) is 82.7 cm³/mol. The number of hydrogen-bond donors (Lipinski definition) is 1. The van der Waals surface area contributed by atoms with Crippen LogP contribution in [0.25, 0.3) is 0 Å². The fourth-order valence-corrected chi connectivity index (χ4v) is 3.80. The average Bonchev–Trinajstić information content (AvgIpc) is 2.94. The van der Waals surface area contributed by atoms with E-state index < -0.39 is 0 Å². The van der Waals surface area contributed by atoms with Gasteiger partial charge >= 0.3 is 0 Å². The van der Waals surface area contributed by atoms with Crippen molar-refractivity contribution in [3.05, 3.63) is 35.4 Å². The Morgan fingerprint density at radius 2 is 1.80 bits per heavy atom. The highest BCUT2D eigenvalue weighted by molar-refractivity contribution is 5.28. The van der Waals surface area contributed by atoms with Gasteiger partial charge in [-0.3, -0.25) is 0 Å². The van der Waals surface area contributed by atoms with E-state index in [1.54, 1.807) is 0 Å². The number of nitrogens with two attached hydrogens (primary N) is 1. The van der Waals surface area contributed by atoms with Crippen molar-refractivity contribution in [2.45, 2.75) is 63.5 Å². The van der Waals surface area contributed by atoms with E-state index in [0.29, 0.717) is 12.0 Å². The largest absolute Gasteiger partial charge is 0.378 e. The van der Waals surface area contributed by atoms with Gasteiger partial charge in [0.05, 0.1) is 12.7 Å². The molecule has 3 unspecified atom stereocenters. The van der Waals surface area contributed by atoms with Gasteiger partial charge in [0.25, 0.3) is 0 Å². The zero-order valence-corrected chi connectivity index (χ0v) is 12.6. The molecule has 0 spiro atoms. The van der Waals surface area contributed by atoms with Crippen LogP contribution in [0.5, 0.6) is 0 Å². The Kier molecular flexibility index (Phi) is 4.42. The van der Waals surface area contributed by atoms with Crippen LogP contribution in [0.15, 0.2) is 24.3 Å². The first-order chi connectivity index (χ1) is 9.74. The van der Waals surface area contributed by atoms with Gasteiger partial charge in [-0.2, -0.15) is 0 Å². The maximum Gasteiger partial charge on any atom is 0.0551 e. The second kappa shape index (κ2) is 6.28. The third-order valence-corrected chi connectivity index (χ3v) is 5.14. The molecule has 2 aliphatic rings. The molecule has 1 aromatic rings. The van der Waals surface area contributed by atoms with Gasteiger partial charge < -0.3 is 10.5 Å². The van der Waals surface area contributed by atoms with Crippen LogP contribution >= 0.6 is 0 Å². The van der Waals surface area contributed by atoms with Gasteiger partial charge in [-0.05, 0) is 43.2 Å². The minimum absolute atomic E-state index is 0.125. The highest BCUT2D eigenvalue weighted by Crippen LogP contribution is 2.34. The second-order valence-electron chi connectivity index (χ2n) is 6.67. The molecule has 3 rings (SSSR count). The minimum atomic E-state index is 0.125. The maximum absolute atomic E-state index is 6.41. The maximum atomic E-state index is 6.41. The lowest BCUT2D eigenvalue weighted by Crippen LogP contribution is -2.21. The number of benzene rings is 1. The average molecular weight is 273 g/mol. The molecule has 3 atom stereocenters. The molecule has 1 saturated heterocycles. The molecule has 2 heteroatoms. The Bertz CT molecular complexity index is 422. The summed E-state index contributed by atoms with van der Waals surface area (Å²) in [6.07, 6.45) is 8.38. The predicted octanol–water partition coefficient (Wildman–Crippen LogP) is 4.16. The van der Waals surface area contributed by atoms with Crippen molar-refractivity contribution >= 4 is 0 Å². The molecule has 0 radical (unpaired) electrons. The Morgan fingerprint density at radius 3 is 2.40 bits per heavy atom. The molecule has 0 amide bonds. The van der Waals surface area contributed by atoms with Crippen LogP contribution in [0.1, 0.15) is 68.5 Å². The zero-order chi connectivity index (χ0) is 13.9. The van der Waals surface area contributed by atoms with Gasteiger partial charge in [0.1, 0.15) is 0 Å². The lowest BCUT2D eigenvalue weighted by molar-refractivity contribution is 0.118. The fourth-order valence-electron chi connectivity index (χ4n) is 3.80. The van der Waals surface area contributed by atoms with Gasteiger partial charge in [0.15, 0.2) is 0 Å². The molecule has 20 heavy (non-hydrogen) atoms. The molecule has 2 fully saturated rings.